The van der Waals surface area contributed by atoms with Crippen LogP contribution in [-0.2, 0) is 60.8 Å². The number of aromatic amines is 1. The lowest BCUT2D eigenvalue weighted by Gasteiger charge is -2.32. The number of carboxylic acid groups (broad SMARTS) is 2. The lowest BCUT2D eigenvalue weighted by Crippen LogP contribution is -2.61. The summed E-state index contributed by atoms with van der Waals surface area (Å²) in [5.74, 6) is -10.3. The van der Waals surface area contributed by atoms with Crippen molar-refractivity contribution in [2.75, 3.05) is 19.7 Å². The maximum Gasteiger partial charge on any atom is 0.328 e. The van der Waals surface area contributed by atoms with E-state index in [2.05, 4.69) is 47.2 Å². The third-order valence-corrected chi connectivity index (χ3v) is 11.2. The average Bonchev–Trinajstić information content (AvgIpc) is 4.02. The summed E-state index contributed by atoms with van der Waals surface area (Å²) in [6.07, 6.45) is 0.946. The van der Waals surface area contributed by atoms with E-state index in [0.29, 0.717) is 12.1 Å². The van der Waals surface area contributed by atoms with Gasteiger partial charge in [-0.2, -0.15) is 0 Å². The number of nitrogens with zero attached hydrogens (tertiary/aromatic N) is 2. The first-order valence-corrected chi connectivity index (χ1v) is 22.9. The van der Waals surface area contributed by atoms with Gasteiger partial charge in [0.25, 0.3) is 0 Å². The van der Waals surface area contributed by atoms with Gasteiger partial charge in [0, 0.05) is 31.3 Å². The van der Waals surface area contributed by atoms with E-state index < -0.39 is 139 Å². The number of hydrogen-bond acceptors (Lipinski definition) is 14. The fourth-order valence-corrected chi connectivity index (χ4v) is 7.47. The Bertz CT molecular complexity index is 2120. The van der Waals surface area contributed by atoms with Gasteiger partial charge in [-0.25, -0.2) is 9.78 Å². The number of carbonyl (C=O) groups excluding carboxylic acids is 8. The van der Waals surface area contributed by atoms with Crippen molar-refractivity contribution in [1.29, 1.82) is 0 Å². The summed E-state index contributed by atoms with van der Waals surface area (Å²) in [7, 11) is 0. The van der Waals surface area contributed by atoms with Gasteiger partial charge in [0.2, 0.25) is 47.3 Å². The monoisotopic (exact) mass is 985 g/mol. The van der Waals surface area contributed by atoms with Crippen LogP contribution in [0.2, 0.25) is 0 Å². The molecule has 14 N–H and O–H groups in total. The highest BCUT2D eigenvalue weighted by Gasteiger charge is 2.41. The first-order chi connectivity index (χ1) is 33.0. The second-order valence-corrected chi connectivity index (χ2v) is 17.8. The Morgan fingerprint density at radius 2 is 1.40 bits per heavy atom. The molecule has 25 nitrogen and oxygen atoms in total. The van der Waals surface area contributed by atoms with Crippen LogP contribution >= 0.6 is 0 Å². The Balaban J connectivity index is 1.71. The fraction of sp³-hybridized carbons (Fsp3) is 0.578. The zero-order chi connectivity index (χ0) is 52.2. The molecule has 25 heteroatoms. The van der Waals surface area contributed by atoms with Gasteiger partial charge in [0.1, 0.15) is 36.3 Å². The van der Waals surface area contributed by atoms with Crippen molar-refractivity contribution in [2.24, 2.45) is 17.6 Å². The second kappa shape index (κ2) is 27.9. The smallest absolute Gasteiger partial charge is 0.328 e. The number of rotatable bonds is 28. The van der Waals surface area contributed by atoms with E-state index in [1.165, 1.54) is 24.3 Å². The zero-order valence-corrected chi connectivity index (χ0v) is 39.8. The van der Waals surface area contributed by atoms with Crippen molar-refractivity contribution in [2.45, 2.75) is 134 Å². The average molecular weight is 986 g/mol. The molecule has 1 fully saturated rings. The Labute approximate surface area is 404 Å². The number of nitrogens with one attached hydrogen (secondary N) is 8. The van der Waals surface area contributed by atoms with Gasteiger partial charge in [0.15, 0.2) is 6.04 Å². The van der Waals surface area contributed by atoms with Gasteiger partial charge in [-0.1, -0.05) is 58.0 Å². The van der Waals surface area contributed by atoms with E-state index in [1.807, 2.05) is 0 Å². The van der Waals surface area contributed by atoms with E-state index in [-0.39, 0.29) is 44.6 Å². The minimum atomic E-state index is -1.69. The number of carboxylic acids is 2. The molecule has 1 saturated heterocycles. The van der Waals surface area contributed by atoms with Gasteiger partial charge in [-0.3, -0.25) is 43.2 Å². The second-order valence-electron chi connectivity index (χ2n) is 17.8. The maximum atomic E-state index is 14.2. The van der Waals surface area contributed by atoms with E-state index in [0.717, 1.165) is 5.56 Å². The molecule has 1 aromatic heterocycles. The number of imidazole rings is 1. The van der Waals surface area contributed by atoms with Crippen LogP contribution in [0.15, 0.2) is 42.9 Å². The predicted molar refractivity (Wildman–Crippen MR) is 247 cm³/mol. The normalized spacial score (nSPS) is 16.8. The number of H-pyrrole nitrogens is 1. The van der Waals surface area contributed by atoms with E-state index in [9.17, 15) is 68.4 Å². The Kier molecular flexibility index (Phi) is 22.8. The van der Waals surface area contributed by atoms with Crippen LogP contribution in [0.3, 0.4) is 0 Å². The molecule has 9 atom stereocenters. The Morgan fingerprint density at radius 3 is 1.97 bits per heavy atom. The van der Waals surface area contributed by atoms with E-state index in [4.69, 9.17) is 5.73 Å². The Morgan fingerprint density at radius 1 is 0.771 bits per heavy atom. The molecule has 1 aliphatic heterocycles. The summed E-state index contributed by atoms with van der Waals surface area (Å²) in [5, 5.41) is 55.7. The number of aliphatic carboxylic acids is 2. The molecule has 1 aromatic carbocycles. The van der Waals surface area contributed by atoms with Crippen LogP contribution in [0.5, 0.6) is 0 Å². The van der Waals surface area contributed by atoms with E-state index in [1.54, 1.807) is 58.0 Å². The van der Waals surface area contributed by atoms with Crippen LogP contribution in [0, 0.1) is 11.8 Å². The molecule has 0 saturated carbocycles. The number of benzene rings is 1. The number of likely N-dealkylation sites (tertiary alicyclic amines) is 1. The molecular formula is C45H67N11O14. The highest BCUT2D eigenvalue weighted by molar-refractivity contribution is 5.98. The molecule has 70 heavy (non-hydrogen) atoms. The molecule has 386 valence electrons. The molecule has 2 aromatic rings. The van der Waals surface area contributed by atoms with Crippen LogP contribution in [-0.4, -0.2) is 169 Å². The molecule has 0 aliphatic carbocycles. The third kappa shape index (κ3) is 18.2. The largest absolute Gasteiger partial charge is 0.481 e. The molecule has 2 heterocycles. The minimum Gasteiger partial charge on any atom is -0.481 e. The number of aromatic nitrogens is 2. The fourth-order valence-electron chi connectivity index (χ4n) is 7.47. The molecule has 0 bridgehead atoms. The van der Waals surface area contributed by atoms with Crippen molar-refractivity contribution >= 4 is 59.2 Å². The highest BCUT2D eigenvalue weighted by Crippen LogP contribution is 2.22. The lowest BCUT2D eigenvalue weighted by atomic mass is 10.00. The van der Waals surface area contributed by atoms with Gasteiger partial charge >= 0.3 is 11.9 Å². The number of aliphatic hydroxyl groups is 2. The quantitative estimate of drug-likeness (QED) is 0.0395. The van der Waals surface area contributed by atoms with E-state index >= 15 is 0 Å². The van der Waals surface area contributed by atoms with Crippen LogP contribution in [0.1, 0.15) is 78.0 Å². The van der Waals surface area contributed by atoms with Crippen LogP contribution < -0.4 is 43.0 Å². The summed E-state index contributed by atoms with van der Waals surface area (Å²) in [5.41, 5.74) is 7.14. The van der Waals surface area contributed by atoms with Gasteiger partial charge in [-0.15, -0.1) is 0 Å². The summed E-state index contributed by atoms with van der Waals surface area (Å²) in [6.45, 7) is 6.37. The molecule has 8 amide bonds. The van der Waals surface area contributed by atoms with Crippen molar-refractivity contribution in [3.63, 3.8) is 0 Å². The van der Waals surface area contributed by atoms with Crippen molar-refractivity contribution in [3.05, 3.63) is 54.1 Å². The number of amides is 8. The first-order valence-electron chi connectivity index (χ1n) is 22.9. The first kappa shape index (κ1) is 57.3. The van der Waals surface area contributed by atoms with Crippen molar-refractivity contribution < 1.29 is 68.4 Å². The highest BCUT2D eigenvalue weighted by atomic mass is 16.4. The predicted octanol–water partition coefficient (Wildman–Crippen LogP) is -3.44. The van der Waals surface area contributed by atoms with Gasteiger partial charge < -0.3 is 73.3 Å². The molecule has 1 aliphatic rings. The molecular weight excluding hydrogens is 919 g/mol. The van der Waals surface area contributed by atoms with Gasteiger partial charge in [0.05, 0.1) is 31.6 Å². The van der Waals surface area contributed by atoms with Crippen LogP contribution in [0.4, 0.5) is 0 Å². The van der Waals surface area contributed by atoms with Gasteiger partial charge in [-0.05, 0) is 56.4 Å². The maximum absolute atomic E-state index is 14.2. The Hall–Kier alpha value is -6.99. The lowest BCUT2D eigenvalue weighted by molar-refractivity contribution is -0.146. The number of hydrogen-bond donors (Lipinski definition) is 13. The molecule has 3 rings (SSSR count). The molecule has 0 unspecified atom stereocenters. The number of nitrogens with two attached hydrogens (primary N) is 1. The SMILES string of the molecule is CC(C)C[C@H](NC(=O)[C@@H]1CCCN1C(=O)[C@@H](NC(=O)[C@H](Cc1cnc[nH]1)NC(=O)[C@H](CO)NC(=O)CNC(=O)[C@H](CCC(=O)O)NC(=O)[C@@H](N)Cc1ccccc1)C(C)C)C(=O)N[C@H](C(=O)O)[C@@H](C)O. The third-order valence-electron chi connectivity index (χ3n) is 11.2. The summed E-state index contributed by atoms with van der Waals surface area (Å²) < 4.78 is 0. The zero-order valence-electron chi connectivity index (χ0n) is 39.8. The summed E-state index contributed by atoms with van der Waals surface area (Å²) in [4.78, 5) is 139. The molecule has 0 radical (unpaired) electrons. The topological polar surface area (TPSA) is 394 Å². The van der Waals surface area contributed by atoms with Crippen molar-refractivity contribution in [3.8, 4) is 0 Å². The number of aliphatic hydroxyl groups excluding tert-OH is 2. The number of carbonyl (C=O) groups is 10. The van der Waals surface area contributed by atoms with Crippen LogP contribution in [0.25, 0.3) is 0 Å². The summed E-state index contributed by atoms with van der Waals surface area (Å²) in [6, 6.07) is -2.09. The minimum absolute atomic E-state index is 0.0968. The summed E-state index contributed by atoms with van der Waals surface area (Å²) >= 11 is 0. The van der Waals surface area contributed by atoms with Crippen molar-refractivity contribution in [1.82, 2.24) is 52.1 Å². The molecule has 0 spiro atoms. The standard InChI is InChI=1S/C45H67N11O14/c1-23(2)16-30(40(64)55-37(25(5)58)45(69)70)53-43(67)33-12-9-15-56(33)44(68)36(24(3)4)54-41(65)31(18-27-19-47-22-49-27)52-42(66)32(21-57)50-34(59)20-48-39(63)29(13-14-35(60)61)51-38(62)28(46)17-26-10-7-6-8-11-26/h6-8,10-11,19,22-25,28-33,36-37,57-58H,9,12-18,20-21,46H2,1-5H3,(H,47,49)(H,48,63)(H,50,59)(H,51,62)(H,52,66)(H,53,67)(H,54,65)(H,55,64)(H,60,61)(H,69,70)/t25-,28+,29+,30+,31+,32+,33+,36+,37+/m1/s1.